The number of hydrogen-bond donors (Lipinski definition) is 0. The summed E-state index contributed by atoms with van der Waals surface area (Å²) in [6, 6.07) is 17.2. The summed E-state index contributed by atoms with van der Waals surface area (Å²) in [5, 5.41) is 2.08. The molecule has 0 bridgehead atoms. The van der Waals surface area contributed by atoms with Gasteiger partial charge in [0.2, 0.25) is 10.0 Å². The molecule has 3 aromatic rings. The van der Waals surface area contributed by atoms with Gasteiger partial charge in [0.25, 0.3) is 0 Å². The Hall–Kier alpha value is -2.34. The SMILES string of the molecule is C[C@H]1CN(S(=O)(=O)c2cccc(-c3csc(=Nc4ccccc4)n3CCCN3CCOCC3)c2)C[C@H](C)O1. The second-order valence-electron chi connectivity index (χ2n) is 9.92. The van der Waals surface area contributed by atoms with Crippen LogP contribution in [0.4, 0.5) is 5.69 Å². The largest absolute Gasteiger partial charge is 0.379 e. The molecule has 5 rings (SSSR count). The van der Waals surface area contributed by atoms with Crippen molar-refractivity contribution in [1.29, 1.82) is 0 Å². The minimum absolute atomic E-state index is 0.135. The molecule has 0 unspecified atom stereocenters. The minimum Gasteiger partial charge on any atom is -0.379 e. The van der Waals surface area contributed by atoms with Crippen molar-refractivity contribution in [2.24, 2.45) is 4.99 Å². The van der Waals surface area contributed by atoms with E-state index in [0.717, 1.165) is 67.6 Å². The van der Waals surface area contributed by atoms with Crippen LogP contribution in [0.3, 0.4) is 0 Å². The van der Waals surface area contributed by atoms with E-state index in [1.54, 1.807) is 27.8 Å². The van der Waals surface area contributed by atoms with Crippen LogP contribution in [-0.2, 0) is 26.0 Å². The fourth-order valence-electron chi connectivity index (χ4n) is 5.05. The molecule has 2 fully saturated rings. The molecule has 0 radical (unpaired) electrons. The molecule has 0 N–H and O–H groups in total. The molecule has 204 valence electrons. The van der Waals surface area contributed by atoms with Gasteiger partial charge in [-0.05, 0) is 44.5 Å². The van der Waals surface area contributed by atoms with Gasteiger partial charge in [0.1, 0.15) is 0 Å². The van der Waals surface area contributed by atoms with Gasteiger partial charge < -0.3 is 14.0 Å². The summed E-state index contributed by atoms with van der Waals surface area (Å²) >= 11 is 1.58. The molecule has 2 atom stereocenters. The quantitative estimate of drug-likeness (QED) is 0.420. The molecule has 10 heteroatoms. The number of morpholine rings is 2. The molecule has 2 aliphatic heterocycles. The first-order valence-corrected chi connectivity index (χ1v) is 15.6. The Morgan fingerprint density at radius 2 is 1.71 bits per heavy atom. The Kier molecular flexibility index (Phi) is 8.77. The number of ether oxygens (including phenoxy) is 2. The smallest absolute Gasteiger partial charge is 0.243 e. The second-order valence-corrected chi connectivity index (χ2v) is 12.7. The Balaban J connectivity index is 1.46. The third-order valence-electron chi connectivity index (χ3n) is 6.89. The Labute approximate surface area is 229 Å². The van der Waals surface area contributed by atoms with Crippen LogP contribution in [0.1, 0.15) is 20.3 Å². The summed E-state index contributed by atoms with van der Waals surface area (Å²) in [7, 11) is -3.64. The van der Waals surface area contributed by atoms with E-state index < -0.39 is 10.0 Å². The van der Waals surface area contributed by atoms with E-state index in [1.807, 2.05) is 56.3 Å². The number of hydrogen-bond acceptors (Lipinski definition) is 7. The highest BCUT2D eigenvalue weighted by atomic mass is 32.2. The highest BCUT2D eigenvalue weighted by molar-refractivity contribution is 7.89. The van der Waals surface area contributed by atoms with Crippen LogP contribution in [0.2, 0.25) is 0 Å². The summed E-state index contributed by atoms with van der Waals surface area (Å²) in [6.07, 6.45) is 0.696. The molecule has 0 aliphatic carbocycles. The van der Waals surface area contributed by atoms with E-state index in [2.05, 4.69) is 14.8 Å². The fraction of sp³-hybridized carbons (Fsp3) is 0.464. The van der Waals surface area contributed by atoms with Crippen LogP contribution >= 0.6 is 11.3 Å². The zero-order chi connectivity index (χ0) is 26.5. The maximum absolute atomic E-state index is 13.6. The predicted octanol–water partition coefficient (Wildman–Crippen LogP) is 3.97. The van der Waals surface area contributed by atoms with Crippen molar-refractivity contribution in [3.8, 4) is 11.3 Å². The standard InChI is InChI=1S/C28H36N4O4S2/c1-22-19-31(20-23(2)36-22)38(33,34)26-11-6-8-24(18-26)27-21-37-28(29-25-9-4-3-5-10-25)32(27)13-7-12-30-14-16-35-17-15-30/h3-6,8-11,18,21-23H,7,12-17,19-20H2,1-2H3/t22-,23-/m0/s1. The Morgan fingerprint density at radius 3 is 2.45 bits per heavy atom. The Bertz CT molecular complexity index is 1370. The maximum atomic E-state index is 13.6. The average molecular weight is 557 g/mol. The normalized spacial score (nSPS) is 22.1. The van der Waals surface area contributed by atoms with E-state index in [-0.39, 0.29) is 12.2 Å². The first kappa shape index (κ1) is 27.2. The molecule has 3 heterocycles. The highest BCUT2D eigenvalue weighted by Crippen LogP contribution is 2.27. The van der Waals surface area contributed by atoms with Gasteiger partial charge >= 0.3 is 0 Å². The fourth-order valence-corrected chi connectivity index (χ4v) is 7.64. The highest BCUT2D eigenvalue weighted by Gasteiger charge is 2.32. The molecule has 2 saturated heterocycles. The summed E-state index contributed by atoms with van der Waals surface area (Å²) in [5.41, 5.74) is 2.75. The molecular weight excluding hydrogens is 520 g/mol. The number of nitrogens with zero attached hydrogens (tertiary/aromatic N) is 4. The first-order chi connectivity index (χ1) is 18.4. The number of rotatable bonds is 8. The van der Waals surface area contributed by atoms with Crippen LogP contribution in [0.5, 0.6) is 0 Å². The van der Waals surface area contributed by atoms with Crippen LogP contribution in [0.25, 0.3) is 11.3 Å². The van der Waals surface area contributed by atoms with Crippen molar-refractivity contribution in [2.45, 2.75) is 43.9 Å². The van der Waals surface area contributed by atoms with Crippen molar-refractivity contribution in [3.63, 3.8) is 0 Å². The molecular formula is C28H36N4O4S2. The lowest BCUT2D eigenvalue weighted by atomic mass is 10.1. The van der Waals surface area contributed by atoms with Gasteiger partial charge in [-0.2, -0.15) is 4.31 Å². The van der Waals surface area contributed by atoms with Crippen molar-refractivity contribution in [2.75, 3.05) is 45.9 Å². The minimum atomic E-state index is -3.64. The van der Waals surface area contributed by atoms with Gasteiger partial charge in [0.05, 0.1) is 41.7 Å². The maximum Gasteiger partial charge on any atom is 0.243 e. The lowest BCUT2D eigenvalue weighted by molar-refractivity contribution is -0.0440. The van der Waals surface area contributed by atoms with Crippen LogP contribution < -0.4 is 4.80 Å². The molecule has 38 heavy (non-hydrogen) atoms. The average Bonchev–Trinajstić information content (AvgIpc) is 3.31. The van der Waals surface area contributed by atoms with E-state index in [0.29, 0.717) is 18.0 Å². The monoisotopic (exact) mass is 556 g/mol. The van der Waals surface area contributed by atoms with Gasteiger partial charge in [-0.1, -0.05) is 30.3 Å². The topological polar surface area (TPSA) is 76.4 Å². The van der Waals surface area contributed by atoms with E-state index in [1.165, 1.54) is 0 Å². The lowest BCUT2D eigenvalue weighted by Gasteiger charge is -2.34. The van der Waals surface area contributed by atoms with Crippen molar-refractivity contribution in [1.82, 2.24) is 13.8 Å². The first-order valence-electron chi connectivity index (χ1n) is 13.2. The van der Waals surface area contributed by atoms with Gasteiger partial charge in [-0.3, -0.25) is 4.90 Å². The molecule has 0 amide bonds. The second kappa shape index (κ2) is 12.2. The molecule has 2 aliphatic rings. The van der Waals surface area contributed by atoms with E-state index in [4.69, 9.17) is 14.5 Å². The van der Waals surface area contributed by atoms with Crippen molar-refractivity contribution >= 4 is 27.0 Å². The molecule has 1 aromatic heterocycles. The molecule has 0 saturated carbocycles. The summed E-state index contributed by atoms with van der Waals surface area (Å²) in [4.78, 5) is 8.56. The van der Waals surface area contributed by atoms with Crippen LogP contribution in [0.15, 0.2) is 69.9 Å². The van der Waals surface area contributed by atoms with Gasteiger partial charge in [0, 0.05) is 50.2 Å². The lowest BCUT2D eigenvalue weighted by Crippen LogP contribution is -2.48. The summed E-state index contributed by atoms with van der Waals surface area (Å²) < 4.78 is 42.2. The molecule has 2 aromatic carbocycles. The number of sulfonamides is 1. The number of thiazole rings is 1. The third-order valence-corrected chi connectivity index (χ3v) is 9.58. The van der Waals surface area contributed by atoms with E-state index >= 15 is 0 Å². The molecule has 0 spiro atoms. The summed E-state index contributed by atoms with van der Waals surface area (Å²) in [6.45, 7) is 9.81. The Morgan fingerprint density at radius 1 is 0.974 bits per heavy atom. The zero-order valence-corrected chi connectivity index (χ0v) is 23.7. The number of para-hydroxylation sites is 1. The zero-order valence-electron chi connectivity index (χ0n) is 22.0. The van der Waals surface area contributed by atoms with Gasteiger partial charge in [-0.15, -0.1) is 11.3 Å². The van der Waals surface area contributed by atoms with Crippen LogP contribution in [-0.4, -0.2) is 80.3 Å². The van der Waals surface area contributed by atoms with Crippen molar-refractivity contribution < 1.29 is 17.9 Å². The van der Waals surface area contributed by atoms with Crippen molar-refractivity contribution in [3.05, 3.63) is 64.8 Å². The molecule has 8 nitrogen and oxygen atoms in total. The van der Waals surface area contributed by atoms with Gasteiger partial charge in [0.15, 0.2) is 4.80 Å². The summed E-state index contributed by atoms with van der Waals surface area (Å²) in [5.74, 6) is 0. The predicted molar refractivity (Wildman–Crippen MR) is 150 cm³/mol. The number of aromatic nitrogens is 1. The van der Waals surface area contributed by atoms with Gasteiger partial charge in [-0.25, -0.2) is 13.4 Å². The van der Waals surface area contributed by atoms with E-state index in [9.17, 15) is 8.42 Å². The van der Waals surface area contributed by atoms with Crippen LogP contribution in [0, 0.1) is 0 Å². The third kappa shape index (κ3) is 6.44. The number of benzene rings is 2.